The zero-order valence-corrected chi connectivity index (χ0v) is 13.4. The van der Waals surface area contributed by atoms with Crippen molar-refractivity contribution in [3.8, 4) is 0 Å². The second kappa shape index (κ2) is 6.13. The molecule has 0 atom stereocenters. The van der Waals surface area contributed by atoms with Gasteiger partial charge < -0.3 is 9.84 Å². The molecular formula is C15H17N3O4S. The molecule has 0 fully saturated rings. The highest BCUT2D eigenvalue weighted by Gasteiger charge is 2.19. The zero-order valence-electron chi connectivity index (χ0n) is 12.6. The second-order valence-electron chi connectivity index (χ2n) is 5.48. The van der Waals surface area contributed by atoms with Crippen molar-refractivity contribution in [1.82, 2.24) is 9.88 Å². The number of benzene rings is 1. The molecule has 3 rings (SSSR count). The summed E-state index contributed by atoms with van der Waals surface area (Å²) in [5, 5.41) is 6.50. The number of fused-ring (bicyclic) bond motifs is 1. The van der Waals surface area contributed by atoms with Gasteiger partial charge in [-0.2, -0.15) is 0 Å². The molecule has 7 nitrogen and oxygen atoms in total. The smallest absolute Gasteiger partial charge is 0.240 e. The van der Waals surface area contributed by atoms with E-state index in [-0.39, 0.29) is 17.3 Å². The SMILES string of the molecule is Cc1cc(CNS(=O)(=O)c2ccc3c(c2)CCCC(=O)N3)on1. The number of aryl methyl sites for hydroxylation is 2. The number of sulfonamides is 1. The van der Waals surface area contributed by atoms with E-state index in [1.165, 1.54) is 6.07 Å². The van der Waals surface area contributed by atoms with E-state index in [2.05, 4.69) is 15.2 Å². The van der Waals surface area contributed by atoms with Crippen LogP contribution in [0.1, 0.15) is 29.9 Å². The van der Waals surface area contributed by atoms with Crippen LogP contribution in [0.15, 0.2) is 33.7 Å². The fourth-order valence-corrected chi connectivity index (χ4v) is 3.51. The largest absolute Gasteiger partial charge is 0.360 e. The number of carbonyl (C=O) groups is 1. The van der Waals surface area contributed by atoms with Gasteiger partial charge in [-0.25, -0.2) is 13.1 Å². The minimum atomic E-state index is -3.66. The Morgan fingerprint density at radius 1 is 1.30 bits per heavy atom. The number of nitrogens with one attached hydrogen (secondary N) is 2. The molecule has 0 spiro atoms. The Morgan fingerprint density at radius 2 is 2.13 bits per heavy atom. The first-order chi connectivity index (χ1) is 10.9. The van der Waals surface area contributed by atoms with E-state index in [1.54, 1.807) is 25.1 Å². The van der Waals surface area contributed by atoms with E-state index < -0.39 is 10.0 Å². The lowest BCUT2D eigenvalue weighted by Gasteiger charge is -2.10. The third kappa shape index (κ3) is 3.59. The number of hydrogen-bond donors (Lipinski definition) is 2. The number of anilines is 1. The maximum Gasteiger partial charge on any atom is 0.240 e. The lowest BCUT2D eigenvalue weighted by Crippen LogP contribution is -2.23. The first-order valence-electron chi connectivity index (χ1n) is 7.29. The van der Waals surface area contributed by atoms with E-state index in [9.17, 15) is 13.2 Å². The number of nitrogens with zero attached hydrogens (tertiary/aromatic N) is 1. The average Bonchev–Trinajstić information content (AvgIpc) is 2.82. The van der Waals surface area contributed by atoms with Crippen LogP contribution in [0.5, 0.6) is 0 Å². The van der Waals surface area contributed by atoms with E-state index in [1.807, 2.05) is 0 Å². The molecule has 8 heteroatoms. The highest BCUT2D eigenvalue weighted by Crippen LogP contribution is 2.25. The van der Waals surface area contributed by atoms with Crippen molar-refractivity contribution in [1.29, 1.82) is 0 Å². The first kappa shape index (κ1) is 15.7. The van der Waals surface area contributed by atoms with Gasteiger partial charge in [0.25, 0.3) is 0 Å². The highest BCUT2D eigenvalue weighted by atomic mass is 32.2. The van der Waals surface area contributed by atoms with Crippen LogP contribution in [0.25, 0.3) is 0 Å². The molecule has 2 aromatic rings. The van der Waals surface area contributed by atoms with Gasteiger partial charge >= 0.3 is 0 Å². The maximum absolute atomic E-state index is 12.4. The predicted octanol–water partition coefficient (Wildman–Crippen LogP) is 1.74. The number of carbonyl (C=O) groups excluding carboxylic acids is 1. The molecule has 1 aliphatic rings. The molecule has 122 valence electrons. The summed E-state index contributed by atoms with van der Waals surface area (Å²) in [6.45, 7) is 1.80. The van der Waals surface area contributed by atoms with Crippen molar-refractivity contribution in [2.24, 2.45) is 0 Å². The molecule has 0 bridgehead atoms. The zero-order chi connectivity index (χ0) is 16.4. The molecule has 0 aliphatic carbocycles. The second-order valence-corrected chi connectivity index (χ2v) is 7.25. The van der Waals surface area contributed by atoms with Crippen molar-refractivity contribution < 1.29 is 17.7 Å². The molecule has 1 aromatic heterocycles. The Balaban J connectivity index is 1.80. The van der Waals surface area contributed by atoms with Crippen LogP contribution < -0.4 is 10.0 Å². The van der Waals surface area contributed by atoms with Crippen LogP contribution in [0, 0.1) is 6.92 Å². The average molecular weight is 335 g/mol. The van der Waals surface area contributed by atoms with Crippen LogP contribution in [0.2, 0.25) is 0 Å². The van der Waals surface area contributed by atoms with Gasteiger partial charge in [0.05, 0.1) is 17.1 Å². The summed E-state index contributed by atoms with van der Waals surface area (Å²) in [5.41, 5.74) is 2.20. The normalized spacial score (nSPS) is 14.9. The van der Waals surface area contributed by atoms with Gasteiger partial charge in [0.2, 0.25) is 15.9 Å². The van der Waals surface area contributed by atoms with Gasteiger partial charge in [0.15, 0.2) is 5.76 Å². The highest BCUT2D eigenvalue weighted by molar-refractivity contribution is 7.89. The van der Waals surface area contributed by atoms with Crippen LogP contribution >= 0.6 is 0 Å². The Morgan fingerprint density at radius 3 is 2.87 bits per heavy atom. The minimum absolute atomic E-state index is 0.0387. The third-order valence-corrected chi connectivity index (χ3v) is 5.02. The summed E-state index contributed by atoms with van der Waals surface area (Å²) in [5.74, 6) is 0.409. The number of hydrogen-bond acceptors (Lipinski definition) is 5. The Labute approximate surface area is 134 Å². The molecule has 1 aromatic carbocycles. The van der Waals surface area contributed by atoms with Crippen molar-refractivity contribution >= 4 is 21.6 Å². The topological polar surface area (TPSA) is 101 Å². The summed E-state index contributed by atoms with van der Waals surface area (Å²) < 4.78 is 32.3. The quantitative estimate of drug-likeness (QED) is 0.886. The first-order valence-corrected chi connectivity index (χ1v) is 8.77. The fourth-order valence-electron chi connectivity index (χ4n) is 2.47. The van der Waals surface area contributed by atoms with Gasteiger partial charge in [-0.15, -0.1) is 0 Å². The monoisotopic (exact) mass is 335 g/mol. The molecule has 0 saturated carbocycles. The van der Waals surface area contributed by atoms with Gasteiger partial charge in [-0.3, -0.25) is 4.79 Å². The van der Waals surface area contributed by atoms with Crippen molar-refractivity contribution in [2.75, 3.05) is 5.32 Å². The Kier molecular flexibility index (Phi) is 4.18. The minimum Gasteiger partial charge on any atom is -0.360 e. The summed E-state index contributed by atoms with van der Waals surface area (Å²) in [7, 11) is -3.66. The molecule has 0 radical (unpaired) electrons. The Bertz CT molecular complexity index is 842. The number of aromatic nitrogens is 1. The molecule has 0 unspecified atom stereocenters. The third-order valence-electron chi connectivity index (χ3n) is 3.62. The fraction of sp³-hybridized carbons (Fsp3) is 0.333. The summed E-state index contributed by atoms with van der Waals surface area (Å²) in [4.78, 5) is 11.7. The number of amides is 1. The van der Waals surface area contributed by atoms with E-state index in [0.717, 1.165) is 5.56 Å². The number of rotatable bonds is 4. The molecule has 1 aliphatic heterocycles. The van der Waals surface area contributed by atoms with E-state index in [0.29, 0.717) is 36.4 Å². The maximum atomic E-state index is 12.4. The van der Waals surface area contributed by atoms with E-state index in [4.69, 9.17) is 4.52 Å². The molecular weight excluding hydrogens is 318 g/mol. The summed E-state index contributed by atoms with van der Waals surface area (Å²) in [6.07, 6.45) is 1.81. The van der Waals surface area contributed by atoms with Crippen LogP contribution in [0.4, 0.5) is 5.69 Å². The van der Waals surface area contributed by atoms with Gasteiger partial charge in [0, 0.05) is 18.2 Å². The molecule has 0 saturated heterocycles. The molecule has 1 amide bonds. The Hall–Kier alpha value is -2.19. The lowest BCUT2D eigenvalue weighted by molar-refractivity contribution is -0.116. The van der Waals surface area contributed by atoms with Crippen molar-refractivity contribution in [2.45, 2.75) is 37.6 Å². The van der Waals surface area contributed by atoms with Crippen LogP contribution in [0.3, 0.4) is 0 Å². The molecule has 2 N–H and O–H groups in total. The van der Waals surface area contributed by atoms with Gasteiger partial charge in [-0.05, 0) is 43.5 Å². The standard InChI is InChI=1S/C15H17N3O4S/c1-10-7-12(22-18-10)9-16-23(20,21)13-5-6-14-11(8-13)3-2-4-15(19)17-14/h5-8,16H,2-4,9H2,1H3,(H,17,19). The van der Waals surface area contributed by atoms with Gasteiger partial charge in [0.1, 0.15) is 0 Å². The summed E-state index contributed by atoms with van der Waals surface area (Å²) in [6, 6.07) is 6.40. The predicted molar refractivity (Wildman–Crippen MR) is 83.3 cm³/mol. The van der Waals surface area contributed by atoms with Crippen molar-refractivity contribution in [3.63, 3.8) is 0 Å². The van der Waals surface area contributed by atoms with E-state index >= 15 is 0 Å². The molecule has 2 heterocycles. The van der Waals surface area contributed by atoms with Gasteiger partial charge in [-0.1, -0.05) is 5.16 Å². The van der Waals surface area contributed by atoms with Crippen LogP contribution in [-0.4, -0.2) is 19.5 Å². The van der Waals surface area contributed by atoms with Crippen LogP contribution in [-0.2, 0) is 27.8 Å². The van der Waals surface area contributed by atoms with Crippen molar-refractivity contribution in [3.05, 3.63) is 41.3 Å². The molecule has 23 heavy (non-hydrogen) atoms. The summed E-state index contributed by atoms with van der Waals surface area (Å²) >= 11 is 0. The lowest BCUT2D eigenvalue weighted by atomic mass is 10.1.